The normalized spacial score (nSPS) is 14.4. The third kappa shape index (κ3) is 7.23. The number of aromatic nitrogens is 2. The van der Waals surface area contributed by atoms with Crippen LogP contribution >= 0.6 is 0 Å². The molecule has 0 bridgehead atoms. The van der Waals surface area contributed by atoms with Crippen molar-refractivity contribution in [1.82, 2.24) is 14.9 Å². The lowest BCUT2D eigenvalue weighted by Gasteiger charge is -2.34. The van der Waals surface area contributed by atoms with E-state index in [4.69, 9.17) is 29.9 Å². The van der Waals surface area contributed by atoms with Crippen LogP contribution in [0.15, 0.2) is 77.8 Å². The highest BCUT2D eigenvalue weighted by Crippen LogP contribution is 2.34. The molecule has 0 spiro atoms. The van der Waals surface area contributed by atoms with Crippen LogP contribution in [0.3, 0.4) is 0 Å². The second kappa shape index (κ2) is 14.5. The molecule has 2 aliphatic rings. The fourth-order valence-corrected chi connectivity index (χ4v) is 6.44. The number of fused-ring (bicyclic) bond motifs is 2. The molecule has 0 atom stereocenters. The molecule has 1 saturated heterocycles. The molecule has 11 nitrogen and oxygen atoms in total. The highest BCUT2D eigenvalue weighted by atomic mass is 16.5. The van der Waals surface area contributed by atoms with Gasteiger partial charge in [0, 0.05) is 56.0 Å². The molecule has 0 saturated carbocycles. The van der Waals surface area contributed by atoms with Crippen LogP contribution in [0.25, 0.3) is 22.4 Å². The first-order valence-corrected chi connectivity index (χ1v) is 17.1. The number of imidazole rings is 1. The van der Waals surface area contributed by atoms with Gasteiger partial charge in [-0.15, -0.1) is 0 Å². The fourth-order valence-electron chi connectivity index (χ4n) is 6.44. The van der Waals surface area contributed by atoms with Crippen molar-refractivity contribution in [2.75, 3.05) is 64.2 Å². The lowest BCUT2D eigenvalue weighted by atomic mass is 10.0. The molecule has 0 unspecified atom stereocenters. The van der Waals surface area contributed by atoms with Crippen LogP contribution in [0, 0.1) is 0 Å². The van der Waals surface area contributed by atoms with Gasteiger partial charge in [-0.05, 0) is 98.1 Å². The van der Waals surface area contributed by atoms with Gasteiger partial charge in [-0.25, -0.2) is 9.78 Å². The summed E-state index contributed by atoms with van der Waals surface area (Å²) in [4.78, 5) is 29.5. The van der Waals surface area contributed by atoms with E-state index in [0.717, 1.165) is 97.0 Å². The number of hydrogen-bond acceptors (Lipinski definition) is 9. The molecule has 258 valence electrons. The average Bonchev–Trinajstić information content (AvgIpc) is 3.76. The van der Waals surface area contributed by atoms with Crippen molar-refractivity contribution in [3.05, 3.63) is 89.5 Å². The molecule has 0 aliphatic carbocycles. The van der Waals surface area contributed by atoms with Gasteiger partial charge in [0.05, 0.1) is 54.0 Å². The number of H-pyrrole nitrogens is 1. The Labute approximate surface area is 291 Å². The Morgan fingerprint density at radius 1 is 0.880 bits per heavy atom. The van der Waals surface area contributed by atoms with Crippen molar-refractivity contribution >= 4 is 39.8 Å². The molecule has 0 radical (unpaired) electrons. The summed E-state index contributed by atoms with van der Waals surface area (Å²) in [6.45, 7) is 5.28. The van der Waals surface area contributed by atoms with E-state index in [1.165, 1.54) is 30.5 Å². The van der Waals surface area contributed by atoms with Gasteiger partial charge in [-0.2, -0.15) is 0 Å². The largest absolute Gasteiger partial charge is 0.494 e. The van der Waals surface area contributed by atoms with Crippen molar-refractivity contribution in [3.63, 3.8) is 0 Å². The Kier molecular flexibility index (Phi) is 9.57. The highest BCUT2D eigenvalue weighted by molar-refractivity contribution is 6.06. The number of benzene rings is 4. The van der Waals surface area contributed by atoms with Gasteiger partial charge in [0.25, 0.3) is 0 Å². The monoisotopic (exact) mass is 674 g/mol. The number of piperazine rings is 1. The Morgan fingerprint density at radius 2 is 1.64 bits per heavy atom. The van der Waals surface area contributed by atoms with Gasteiger partial charge in [-0.3, -0.25) is 4.99 Å². The lowest BCUT2D eigenvalue weighted by Crippen LogP contribution is -2.44. The number of hydrogen-bond donors (Lipinski definition) is 3. The van der Waals surface area contributed by atoms with E-state index in [0.29, 0.717) is 24.7 Å². The summed E-state index contributed by atoms with van der Waals surface area (Å²) < 4.78 is 17.1. The molecule has 4 aromatic carbocycles. The first kappa shape index (κ1) is 33.0. The molecule has 3 heterocycles. The minimum absolute atomic E-state index is 0.00969. The van der Waals surface area contributed by atoms with E-state index in [1.807, 2.05) is 12.1 Å². The SMILES string of the molecule is COc1cc(C(=O)O)c(N)cc1OCCCCCOc1ccc(C2=Nc3ccc(-c4nc5ccc(N6CCN(C)CC6)cc5[nH]4)cc3C2)cc1. The van der Waals surface area contributed by atoms with Crippen molar-refractivity contribution in [2.45, 2.75) is 25.7 Å². The third-order valence-corrected chi connectivity index (χ3v) is 9.37. The molecule has 50 heavy (non-hydrogen) atoms. The Hall–Kier alpha value is -5.55. The maximum absolute atomic E-state index is 11.3. The number of aromatic amines is 1. The number of ether oxygens (including phenoxy) is 3. The first-order valence-electron chi connectivity index (χ1n) is 17.1. The summed E-state index contributed by atoms with van der Waals surface area (Å²) in [6, 6.07) is 23.9. The summed E-state index contributed by atoms with van der Waals surface area (Å²) in [6.07, 6.45) is 3.35. The number of carboxylic acid groups (broad SMARTS) is 1. The quantitative estimate of drug-likeness (QED) is 0.0934. The van der Waals surface area contributed by atoms with Crippen LogP contribution in [-0.4, -0.2) is 85.2 Å². The average molecular weight is 675 g/mol. The van der Waals surface area contributed by atoms with Crippen LogP contribution in [-0.2, 0) is 6.42 Å². The van der Waals surface area contributed by atoms with Gasteiger partial charge in [-0.1, -0.05) is 0 Å². The fraction of sp³-hybridized carbons (Fsp3) is 0.308. The molecule has 1 aromatic heterocycles. The van der Waals surface area contributed by atoms with E-state index >= 15 is 0 Å². The van der Waals surface area contributed by atoms with Crippen molar-refractivity contribution in [2.24, 2.45) is 4.99 Å². The molecular weight excluding hydrogens is 632 g/mol. The minimum atomic E-state index is -1.11. The van der Waals surface area contributed by atoms with Crippen molar-refractivity contribution < 1.29 is 24.1 Å². The standard InChI is InChI=1S/C39H42N6O5/c1-44-14-16-45(17-15-44)28-9-13-33-35(22-28)43-38(42-33)26-8-12-32-27(20-26)21-34(41-32)25-6-10-29(11-7-25)49-18-4-3-5-19-50-37-24-31(40)30(39(46)47)23-36(37)48-2/h6-13,20,22-24H,3-5,14-19,21,40H2,1-2H3,(H,42,43)(H,46,47). The predicted molar refractivity (Wildman–Crippen MR) is 197 cm³/mol. The number of nitrogens with zero attached hydrogens (tertiary/aromatic N) is 4. The molecule has 5 aromatic rings. The summed E-state index contributed by atoms with van der Waals surface area (Å²) in [7, 11) is 3.64. The molecule has 7 rings (SSSR count). The Bertz CT molecular complexity index is 2030. The molecule has 4 N–H and O–H groups in total. The van der Waals surface area contributed by atoms with Crippen LogP contribution in [0.5, 0.6) is 17.2 Å². The number of nitrogens with two attached hydrogens (primary N) is 1. The number of anilines is 2. The molecule has 0 amide bonds. The zero-order valence-corrected chi connectivity index (χ0v) is 28.4. The number of nitrogen functional groups attached to an aromatic ring is 1. The van der Waals surface area contributed by atoms with Crippen molar-refractivity contribution in [1.29, 1.82) is 0 Å². The molecule has 1 fully saturated rings. The van der Waals surface area contributed by atoms with Crippen LogP contribution in [0.2, 0.25) is 0 Å². The summed E-state index contributed by atoms with van der Waals surface area (Å²) in [5.41, 5.74) is 14.6. The predicted octanol–water partition coefficient (Wildman–Crippen LogP) is 6.58. The van der Waals surface area contributed by atoms with Crippen LogP contribution in [0.4, 0.5) is 17.1 Å². The maximum atomic E-state index is 11.3. The van der Waals surface area contributed by atoms with E-state index in [-0.39, 0.29) is 11.3 Å². The van der Waals surface area contributed by atoms with Gasteiger partial charge in [0.1, 0.15) is 11.6 Å². The Morgan fingerprint density at radius 3 is 2.40 bits per heavy atom. The topological polar surface area (TPSA) is 139 Å². The van der Waals surface area contributed by atoms with E-state index in [1.54, 1.807) is 0 Å². The van der Waals surface area contributed by atoms with Crippen molar-refractivity contribution in [3.8, 4) is 28.6 Å². The third-order valence-electron chi connectivity index (χ3n) is 9.37. The van der Waals surface area contributed by atoms with Gasteiger partial charge in [0.15, 0.2) is 11.5 Å². The number of carboxylic acids is 1. The van der Waals surface area contributed by atoms with Gasteiger partial charge < -0.3 is 39.8 Å². The summed E-state index contributed by atoms with van der Waals surface area (Å²) in [5.74, 6) is 1.37. The maximum Gasteiger partial charge on any atom is 0.337 e. The number of nitrogens with one attached hydrogen (secondary N) is 1. The second-order valence-corrected chi connectivity index (χ2v) is 12.8. The molecule has 2 aliphatic heterocycles. The Balaban J connectivity index is 0.880. The smallest absolute Gasteiger partial charge is 0.337 e. The zero-order valence-electron chi connectivity index (χ0n) is 28.4. The number of likely N-dealkylation sites (N-methyl/N-ethyl adjacent to an activating group) is 1. The molecule has 11 heteroatoms. The number of aliphatic imine (C=N–C) groups is 1. The lowest BCUT2D eigenvalue weighted by molar-refractivity contribution is 0.0697. The number of aromatic carboxylic acids is 1. The van der Waals surface area contributed by atoms with E-state index < -0.39 is 5.97 Å². The zero-order chi connectivity index (χ0) is 34.6. The second-order valence-electron chi connectivity index (χ2n) is 12.8. The van der Waals surface area contributed by atoms with E-state index in [2.05, 4.69) is 70.4 Å². The highest BCUT2D eigenvalue weighted by Gasteiger charge is 2.19. The first-order chi connectivity index (χ1) is 24.3. The number of rotatable bonds is 13. The summed E-state index contributed by atoms with van der Waals surface area (Å²) >= 11 is 0. The van der Waals surface area contributed by atoms with Gasteiger partial charge in [0.2, 0.25) is 0 Å². The number of unbranched alkanes of at least 4 members (excludes halogenated alkanes) is 2. The van der Waals surface area contributed by atoms with E-state index in [9.17, 15) is 9.90 Å². The number of methoxy groups -OCH3 is 1. The number of carbonyl (C=O) groups is 1. The summed E-state index contributed by atoms with van der Waals surface area (Å²) in [5, 5.41) is 9.25. The molecular formula is C39H42N6O5. The van der Waals surface area contributed by atoms with Crippen LogP contribution < -0.4 is 24.8 Å². The minimum Gasteiger partial charge on any atom is -0.494 e. The van der Waals surface area contributed by atoms with Gasteiger partial charge >= 0.3 is 5.97 Å². The van der Waals surface area contributed by atoms with Crippen LogP contribution in [0.1, 0.15) is 40.7 Å².